The quantitative estimate of drug-likeness (QED) is 0.0322. The van der Waals surface area contributed by atoms with Crippen molar-refractivity contribution in [3.63, 3.8) is 0 Å². The number of amides is 4. The maximum atomic E-state index is 12.6. The van der Waals surface area contributed by atoms with Crippen molar-refractivity contribution in [1.82, 2.24) is 30.8 Å². The molecular weight excluding hydrogens is 843 g/mol. The summed E-state index contributed by atoms with van der Waals surface area (Å²) >= 11 is 1.86. The van der Waals surface area contributed by atoms with Crippen LogP contribution in [0.3, 0.4) is 0 Å². The van der Waals surface area contributed by atoms with Gasteiger partial charge in [0.25, 0.3) is 15.6 Å². The van der Waals surface area contributed by atoms with E-state index >= 15 is 0 Å². The van der Waals surface area contributed by atoms with Gasteiger partial charge in [0.15, 0.2) is 0 Å². The molecule has 0 bridgehead atoms. The Hall–Kier alpha value is -2.47. The van der Waals surface area contributed by atoms with E-state index in [2.05, 4.69) is 44.7 Å². The third-order valence-electron chi connectivity index (χ3n) is 8.75. The third kappa shape index (κ3) is 17.0. The summed E-state index contributed by atoms with van der Waals surface area (Å²) in [6, 6.07) is 1.71. The van der Waals surface area contributed by atoms with Crippen LogP contribution >= 0.6 is 35.2 Å². The number of rotatable bonds is 26. The lowest BCUT2D eigenvalue weighted by atomic mass is 10.0. The van der Waals surface area contributed by atoms with E-state index < -0.39 is 54.2 Å². The van der Waals surface area contributed by atoms with E-state index in [1.54, 1.807) is 0 Å². The number of carbonyl (C=O) groups is 3. The molecule has 3 aliphatic rings. The van der Waals surface area contributed by atoms with E-state index in [0.717, 1.165) is 42.4 Å². The van der Waals surface area contributed by atoms with Gasteiger partial charge in [-0.2, -0.15) is 16.7 Å². The first-order chi connectivity index (χ1) is 26.9. The van der Waals surface area contributed by atoms with Gasteiger partial charge in [0.2, 0.25) is 11.8 Å². The predicted octanol–water partition coefficient (Wildman–Crippen LogP) is -2.35. The molecule has 6 N–H and O–H groups in total. The maximum Gasteiger partial charge on any atom is 0.351 e. The molecule has 4 amide bonds. The van der Waals surface area contributed by atoms with E-state index in [9.17, 15) is 57.6 Å². The number of nitrogens with zero attached hydrogens (tertiary/aromatic N) is 2. The maximum absolute atomic E-state index is 12.6. The SMILES string of the molecule is O=C(CCCCC1SCC2NC(=O)NC21)NCCCCCC(=O)NCCOCCNc1ccn(C2CC(O)C(COP(=O)([O-])OP(=O)([O-])OP(=O)([O-])[O-])O2)c(=O)n1. The Morgan fingerprint density at radius 1 is 0.947 bits per heavy atom. The van der Waals surface area contributed by atoms with Crippen molar-refractivity contribution < 1.29 is 75.4 Å². The first-order valence-corrected chi connectivity index (χ1v) is 23.5. The highest BCUT2D eigenvalue weighted by atomic mass is 32.2. The molecule has 8 atom stereocenters. The summed E-state index contributed by atoms with van der Waals surface area (Å²) in [5, 5.41) is 25.1. The lowest BCUT2D eigenvalue weighted by Crippen LogP contribution is -2.36. The minimum absolute atomic E-state index is 0.0183. The average molecular weight is 890 g/mol. The van der Waals surface area contributed by atoms with Gasteiger partial charge >= 0.3 is 11.7 Å². The summed E-state index contributed by atoms with van der Waals surface area (Å²) in [7, 11) is -18.1. The molecule has 0 aliphatic carbocycles. The van der Waals surface area contributed by atoms with Crippen LogP contribution in [0.15, 0.2) is 17.1 Å². The number of fused-ring (bicyclic) bond motifs is 1. The second-order valence-corrected chi connectivity index (χ2v) is 18.7. The number of hydrogen-bond donors (Lipinski definition) is 6. The number of anilines is 1. The number of urea groups is 1. The Morgan fingerprint density at radius 2 is 1.65 bits per heavy atom. The summed E-state index contributed by atoms with van der Waals surface area (Å²) in [4.78, 5) is 96.1. The van der Waals surface area contributed by atoms with Crippen LogP contribution in [-0.2, 0) is 45.9 Å². The van der Waals surface area contributed by atoms with Crippen LogP contribution in [0.5, 0.6) is 0 Å². The lowest BCUT2D eigenvalue weighted by molar-refractivity contribution is -0.339. The fraction of sp³-hybridized carbons (Fsp3) is 0.759. The number of phosphoric ester groups is 1. The van der Waals surface area contributed by atoms with Gasteiger partial charge in [-0.1, -0.05) is 12.8 Å². The van der Waals surface area contributed by atoms with Crippen molar-refractivity contribution in [2.24, 2.45) is 0 Å². The van der Waals surface area contributed by atoms with Crippen molar-refractivity contribution in [2.75, 3.05) is 50.5 Å². The topological polar surface area (TPSA) is 356 Å². The van der Waals surface area contributed by atoms with E-state index in [0.29, 0.717) is 37.6 Å². The minimum atomic E-state index is -6.16. The second-order valence-electron chi connectivity index (χ2n) is 13.2. The molecule has 24 nitrogen and oxygen atoms in total. The molecule has 4 rings (SSSR count). The predicted molar refractivity (Wildman–Crippen MR) is 192 cm³/mol. The largest absolute Gasteiger partial charge is 0.790 e. The molecule has 28 heteroatoms. The van der Waals surface area contributed by atoms with Crippen LogP contribution in [0.2, 0.25) is 0 Å². The van der Waals surface area contributed by atoms with Crippen LogP contribution in [0.4, 0.5) is 10.6 Å². The van der Waals surface area contributed by atoms with Crippen LogP contribution in [-0.4, -0.2) is 107 Å². The fourth-order valence-electron chi connectivity index (χ4n) is 6.10. The van der Waals surface area contributed by atoms with Crippen molar-refractivity contribution in [3.8, 4) is 0 Å². The average Bonchev–Trinajstić information content (AvgIpc) is 3.78. The fourth-order valence-corrected chi connectivity index (χ4v) is 10.5. The summed E-state index contributed by atoms with van der Waals surface area (Å²) in [5.41, 5.74) is -0.798. The van der Waals surface area contributed by atoms with Crippen LogP contribution in [0.1, 0.15) is 64.0 Å². The first kappa shape index (κ1) is 47.2. The Labute approximate surface area is 331 Å². The van der Waals surface area contributed by atoms with Crippen LogP contribution < -0.4 is 51.8 Å². The summed E-state index contributed by atoms with van der Waals surface area (Å²) in [5.74, 6) is 1.01. The minimum Gasteiger partial charge on any atom is -0.790 e. The molecule has 0 radical (unpaired) electrons. The van der Waals surface area contributed by atoms with Crippen LogP contribution in [0, 0.1) is 0 Å². The molecule has 3 saturated heterocycles. The van der Waals surface area contributed by atoms with Crippen molar-refractivity contribution in [1.29, 1.82) is 0 Å². The Morgan fingerprint density at radius 3 is 2.37 bits per heavy atom. The van der Waals surface area contributed by atoms with Crippen LogP contribution in [0.25, 0.3) is 0 Å². The van der Waals surface area contributed by atoms with Gasteiger partial charge < -0.3 is 69.8 Å². The number of aliphatic hydroxyl groups is 1. The highest BCUT2D eigenvalue weighted by Gasteiger charge is 2.42. The van der Waals surface area contributed by atoms with Gasteiger partial charge in [0.05, 0.1) is 45.8 Å². The van der Waals surface area contributed by atoms with Gasteiger partial charge in [-0.05, 0) is 31.7 Å². The number of carbonyl (C=O) groups excluding carboxylic acids is 3. The van der Waals surface area contributed by atoms with Crippen molar-refractivity contribution in [2.45, 2.75) is 93.6 Å². The molecule has 324 valence electrons. The smallest absolute Gasteiger partial charge is 0.351 e. The zero-order valence-corrected chi connectivity index (χ0v) is 34.1. The lowest BCUT2D eigenvalue weighted by Gasteiger charge is -2.37. The van der Waals surface area contributed by atoms with Gasteiger partial charge in [0, 0.05) is 56.1 Å². The number of ether oxygens (including phenoxy) is 2. The molecular formula is C29H46N7O17P3S-4. The van der Waals surface area contributed by atoms with Gasteiger partial charge in [-0.25, -0.2) is 13.9 Å². The highest BCUT2D eigenvalue weighted by molar-refractivity contribution is 8.00. The Bertz CT molecular complexity index is 1720. The van der Waals surface area contributed by atoms with Crippen molar-refractivity contribution >= 4 is 58.9 Å². The van der Waals surface area contributed by atoms with E-state index in [1.165, 1.54) is 12.3 Å². The summed E-state index contributed by atoms with van der Waals surface area (Å²) < 4.78 is 56.3. The molecule has 57 heavy (non-hydrogen) atoms. The highest BCUT2D eigenvalue weighted by Crippen LogP contribution is 2.60. The summed E-state index contributed by atoms with van der Waals surface area (Å²) in [6.07, 6.45) is 2.90. The zero-order valence-electron chi connectivity index (χ0n) is 30.6. The number of hydrogen-bond acceptors (Lipinski definition) is 20. The number of aliphatic hydroxyl groups excluding tert-OH is 1. The standard InChI is InChI=1S/C29H50N7O17P3S/c37-20-16-26(51-21(20)17-50-55(45,46)53-56(47,48)52-54(42,43)44)36-13-9-23(34-29(36)41)30-11-14-49-15-12-32-25(39)7-2-1-5-10-31-24(38)8-4-3-6-22-27-19(18-57-22)33-28(40)35-27/h9,13,19-22,26-27,37H,1-8,10-12,14-18H2,(H,31,38)(H,32,39)(H,45,46)(H,47,48)(H,30,34,41)(H2,33,35,40)(H2,42,43,44)/p-4. The van der Waals surface area contributed by atoms with Gasteiger partial charge in [-0.15, -0.1) is 0 Å². The van der Waals surface area contributed by atoms with E-state index in [1.807, 2.05) is 11.8 Å². The Kier molecular flexibility index (Phi) is 18.4. The molecule has 1 aromatic rings. The number of aromatic nitrogens is 2. The molecule has 0 saturated carbocycles. The molecule has 3 aliphatic heterocycles. The third-order valence-corrected chi connectivity index (χ3v) is 13.9. The normalized spacial score (nSPS) is 25.2. The number of phosphoric acid groups is 3. The number of unbranched alkanes of at least 4 members (excludes halogenated alkanes) is 3. The molecule has 8 unspecified atom stereocenters. The summed E-state index contributed by atoms with van der Waals surface area (Å²) in [6.45, 7) is 0.576. The molecule has 0 aromatic carbocycles. The number of nitrogens with one attached hydrogen (secondary N) is 5. The van der Waals surface area contributed by atoms with Crippen molar-refractivity contribution in [3.05, 3.63) is 22.7 Å². The van der Waals surface area contributed by atoms with E-state index in [-0.39, 0.29) is 61.9 Å². The van der Waals surface area contributed by atoms with E-state index in [4.69, 9.17) is 9.47 Å². The van der Waals surface area contributed by atoms with Gasteiger partial charge in [0.1, 0.15) is 18.1 Å². The van der Waals surface area contributed by atoms with Gasteiger partial charge in [-0.3, -0.25) is 27.6 Å². The molecule has 4 heterocycles. The monoisotopic (exact) mass is 889 g/mol. The molecule has 3 fully saturated rings. The second kappa shape index (κ2) is 22.2. The molecule has 1 aromatic heterocycles. The Balaban J connectivity index is 0.979. The molecule has 0 spiro atoms. The number of thioether (sulfide) groups is 1. The zero-order chi connectivity index (χ0) is 41.6. The first-order valence-electron chi connectivity index (χ1n) is 18.1.